The van der Waals surface area contributed by atoms with Crippen LogP contribution in [0, 0.1) is 0 Å². The van der Waals surface area contributed by atoms with Gasteiger partial charge < -0.3 is 10.1 Å². The predicted molar refractivity (Wildman–Crippen MR) is 113 cm³/mol. The number of ether oxygens (including phenoxy) is 1. The van der Waals surface area contributed by atoms with Gasteiger partial charge in [-0.1, -0.05) is 29.8 Å². The van der Waals surface area contributed by atoms with Gasteiger partial charge in [-0.15, -0.1) is 0 Å². The molecule has 6 nitrogen and oxygen atoms in total. The zero-order valence-corrected chi connectivity index (χ0v) is 16.8. The van der Waals surface area contributed by atoms with Crippen molar-refractivity contribution in [3.8, 4) is 5.69 Å². The van der Waals surface area contributed by atoms with E-state index in [1.165, 1.54) is 12.8 Å². The van der Waals surface area contributed by atoms with Gasteiger partial charge in [0.2, 0.25) is 0 Å². The van der Waals surface area contributed by atoms with E-state index in [-0.39, 0.29) is 12.0 Å². The third kappa shape index (κ3) is 3.64. The lowest BCUT2D eigenvalue weighted by Crippen LogP contribution is -2.50. The van der Waals surface area contributed by atoms with E-state index in [0.717, 1.165) is 36.3 Å². The highest BCUT2D eigenvalue weighted by Crippen LogP contribution is 2.24. The second kappa shape index (κ2) is 7.78. The number of para-hydroxylation sites is 1. The molecule has 1 amide bonds. The fraction of sp³-hybridized carbons (Fsp3) is 0.364. The summed E-state index contributed by atoms with van der Waals surface area (Å²) in [5.74, 6) is -0.181. The second-order valence-corrected chi connectivity index (χ2v) is 8.14. The van der Waals surface area contributed by atoms with Crippen LogP contribution in [0.3, 0.4) is 0 Å². The number of morpholine rings is 1. The number of nitrogens with one attached hydrogen (secondary N) is 1. The quantitative estimate of drug-likeness (QED) is 0.717. The number of fused-ring (bicyclic) bond motifs is 2. The van der Waals surface area contributed by atoms with Crippen molar-refractivity contribution in [2.24, 2.45) is 0 Å². The molecule has 2 unspecified atom stereocenters. The van der Waals surface area contributed by atoms with Gasteiger partial charge in [0, 0.05) is 24.5 Å². The summed E-state index contributed by atoms with van der Waals surface area (Å²) in [6, 6.07) is 13.9. The average Bonchev–Trinajstić information content (AvgIpc) is 3.38. The number of halogens is 1. The lowest BCUT2D eigenvalue weighted by atomic mass is 10.1. The summed E-state index contributed by atoms with van der Waals surface area (Å²) >= 11 is 6.45. The molecule has 2 aliphatic heterocycles. The fourth-order valence-electron chi connectivity index (χ4n) is 4.31. The maximum atomic E-state index is 12.7. The van der Waals surface area contributed by atoms with Crippen LogP contribution in [0.4, 0.5) is 0 Å². The number of rotatable bonds is 4. The molecule has 3 aromatic rings. The molecule has 3 heterocycles. The molecule has 2 atom stereocenters. The van der Waals surface area contributed by atoms with Gasteiger partial charge in [-0.3, -0.25) is 9.69 Å². The van der Waals surface area contributed by atoms with Crippen molar-refractivity contribution in [2.75, 3.05) is 26.2 Å². The van der Waals surface area contributed by atoms with E-state index in [1.54, 1.807) is 12.1 Å². The molecule has 1 N–H and O–H groups in total. The lowest BCUT2D eigenvalue weighted by molar-refractivity contribution is -0.0461. The minimum Gasteiger partial charge on any atom is -0.373 e. The molecule has 2 saturated heterocycles. The number of aromatic nitrogens is 2. The molecule has 150 valence electrons. The van der Waals surface area contributed by atoms with Crippen LogP contribution < -0.4 is 5.32 Å². The standard InChI is InChI=1S/C22H23ClN4O2/c23-20-10-16(27-21-6-2-1-4-15(21)11-25-27)7-8-19(20)22(28)24-12-18-13-26-9-3-5-17(26)14-29-18/h1-2,4,6-8,10-11,17-18H,3,5,9,12-14H2,(H,24,28). The van der Waals surface area contributed by atoms with E-state index >= 15 is 0 Å². The third-order valence-corrected chi connectivity index (χ3v) is 6.18. The van der Waals surface area contributed by atoms with Gasteiger partial charge in [0.1, 0.15) is 0 Å². The Morgan fingerprint density at radius 3 is 3.07 bits per heavy atom. The Morgan fingerprint density at radius 2 is 2.17 bits per heavy atom. The predicted octanol–water partition coefficient (Wildman–Crippen LogP) is 3.27. The Kier molecular flexibility index (Phi) is 4.99. The van der Waals surface area contributed by atoms with Crippen molar-refractivity contribution < 1.29 is 9.53 Å². The summed E-state index contributed by atoms with van der Waals surface area (Å²) in [6.07, 6.45) is 4.30. The molecule has 0 radical (unpaired) electrons. The van der Waals surface area contributed by atoms with Crippen LogP contribution in [0.1, 0.15) is 23.2 Å². The largest absolute Gasteiger partial charge is 0.373 e. The van der Waals surface area contributed by atoms with Crippen LogP contribution in [0.15, 0.2) is 48.7 Å². The Labute approximate surface area is 174 Å². The van der Waals surface area contributed by atoms with Crippen LogP contribution >= 0.6 is 11.6 Å². The van der Waals surface area contributed by atoms with Crippen molar-refractivity contribution >= 4 is 28.4 Å². The first-order chi connectivity index (χ1) is 14.2. The first-order valence-corrected chi connectivity index (χ1v) is 10.4. The molecule has 0 saturated carbocycles. The second-order valence-electron chi connectivity index (χ2n) is 7.74. The normalized spacial score (nSPS) is 22.0. The van der Waals surface area contributed by atoms with Crippen LogP contribution in [0.5, 0.6) is 0 Å². The van der Waals surface area contributed by atoms with Gasteiger partial charge in [-0.05, 0) is 43.7 Å². The molecule has 0 bridgehead atoms. The minimum atomic E-state index is -0.181. The van der Waals surface area contributed by atoms with E-state index in [1.807, 2.05) is 41.2 Å². The summed E-state index contributed by atoms with van der Waals surface area (Å²) in [5.41, 5.74) is 2.28. The highest BCUT2D eigenvalue weighted by molar-refractivity contribution is 6.34. The van der Waals surface area contributed by atoms with E-state index < -0.39 is 0 Å². The summed E-state index contributed by atoms with van der Waals surface area (Å²) in [5, 5.41) is 8.88. The van der Waals surface area contributed by atoms with Crippen LogP contribution in [0.25, 0.3) is 16.6 Å². The maximum absolute atomic E-state index is 12.7. The first-order valence-electron chi connectivity index (χ1n) is 10.1. The number of hydrogen-bond acceptors (Lipinski definition) is 4. The third-order valence-electron chi connectivity index (χ3n) is 5.87. The van der Waals surface area contributed by atoms with Gasteiger partial charge in [-0.25, -0.2) is 4.68 Å². The lowest BCUT2D eigenvalue weighted by Gasteiger charge is -2.35. The Morgan fingerprint density at radius 1 is 1.28 bits per heavy atom. The Balaban J connectivity index is 1.27. The average molecular weight is 411 g/mol. The molecule has 2 fully saturated rings. The van der Waals surface area contributed by atoms with E-state index in [0.29, 0.717) is 23.2 Å². The molecule has 5 rings (SSSR count). The van der Waals surface area contributed by atoms with E-state index in [2.05, 4.69) is 15.3 Å². The smallest absolute Gasteiger partial charge is 0.252 e. The van der Waals surface area contributed by atoms with Gasteiger partial charge in [-0.2, -0.15) is 5.10 Å². The molecular formula is C22H23ClN4O2. The number of carbonyl (C=O) groups is 1. The molecule has 7 heteroatoms. The first kappa shape index (κ1) is 18.6. The highest BCUT2D eigenvalue weighted by atomic mass is 35.5. The number of nitrogens with zero attached hydrogens (tertiary/aromatic N) is 3. The van der Waals surface area contributed by atoms with Crippen molar-refractivity contribution in [3.05, 3.63) is 59.2 Å². The molecule has 0 spiro atoms. The molecule has 29 heavy (non-hydrogen) atoms. The van der Waals surface area contributed by atoms with E-state index in [9.17, 15) is 4.79 Å². The highest BCUT2D eigenvalue weighted by Gasteiger charge is 2.32. The van der Waals surface area contributed by atoms with Crippen LogP contribution in [0.2, 0.25) is 5.02 Å². The summed E-state index contributed by atoms with van der Waals surface area (Å²) in [4.78, 5) is 15.1. The van der Waals surface area contributed by atoms with Crippen LogP contribution in [-0.4, -0.2) is 59.0 Å². The summed E-state index contributed by atoms with van der Waals surface area (Å²) in [6.45, 7) is 3.26. The summed E-state index contributed by atoms with van der Waals surface area (Å²) < 4.78 is 7.74. The van der Waals surface area contributed by atoms with Crippen LogP contribution in [-0.2, 0) is 4.74 Å². The fourth-order valence-corrected chi connectivity index (χ4v) is 4.57. The van der Waals surface area contributed by atoms with Gasteiger partial charge in [0.05, 0.1) is 40.7 Å². The topological polar surface area (TPSA) is 59.4 Å². The van der Waals surface area contributed by atoms with Crippen molar-refractivity contribution in [1.29, 1.82) is 0 Å². The molecule has 1 aromatic heterocycles. The minimum absolute atomic E-state index is 0.0294. The molecule has 2 aliphatic rings. The Bertz CT molecular complexity index is 1050. The zero-order valence-electron chi connectivity index (χ0n) is 16.1. The maximum Gasteiger partial charge on any atom is 0.252 e. The van der Waals surface area contributed by atoms with E-state index in [4.69, 9.17) is 16.3 Å². The van der Waals surface area contributed by atoms with Crippen molar-refractivity contribution in [3.63, 3.8) is 0 Å². The van der Waals surface area contributed by atoms with Gasteiger partial charge in [0.15, 0.2) is 0 Å². The SMILES string of the molecule is O=C(NCC1CN2CCCC2CO1)c1ccc(-n2ncc3ccccc32)cc1Cl. The zero-order chi connectivity index (χ0) is 19.8. The van der Waals surface area contributed by atoms with Crippen molar-refractivity contribution in [1.82, 2.24) is 20.0 Å². The Hall–Kier alpha value is -2.41. The summed E-state index contributed by atoms with van der Waals surface area (Å²) in [7, 11) is 0. The molecule has 0 aliphatic carbocycles. The van der Waals surface area contributed by atoms with Gasteiger partial charge >= 0.3 is 0 Å². The van der Waals surface area contributed by atoms with Gasteiger partial charge in [0.25, 0.3) is 5.91 Å². The number of benzene rings is 2. The number of hydrogen-bond donors (Lipinski definition) is 1. The number of carbonyl (C=O) groups excluding carboxylic acids is 1. The molecule has 2 aromatic carbocycles. The number of amides is 1. The van der Waals surface area contributed by atoms with Crippen molar-refractivity contribution in [2.45, 2.75) is 25.0 Å². The monoisotopic (exact) mass is 410 g/mol. The molecular weight excluding hydrogens is 388 g/mol.